The fourth-order valence-corrected chi connectivity index (χ4v) is 10.1. The Balaban J connectivity index is 1.47. The van der Waals surface area contributed by atoms with E-state index < -0.39 is 6.12 Å². The zero-order chi connectivity index (χ0) is 18.5. The summed E-state index contributed by atoms with van der Waals surface area (Å²) in [6.07, 6.45) is 5.28. The Kier molecular flexibility index (Phi) is 4.31. The van der Waals surface area contributed by atoms with Crippen molar-refractivity contribution < 1.29 is 9.05 Å². The van der Waals surface area contributed by atoms with Gasteiger partial charge in [-0.15, -0.1) is 0 Å². The topological polar surface area (TPSA) is 18.5 Å². The van der Waals surface area contributed by atoms with E-state index >= 15 is 0 Å². The Morgan fingerprint density at radius 2 is 1.08 bits per heavy atom. The van der Waals surface area contributed by atoms with Crippen molar-refractivity contribution in [3.05, 3.63) is 0 Å². The molecule has 4 bridgehead atoms. The van der Waals surface area contributed by atoms with E-state index in [9.17, 15) is 0 Å². The van der Waals surface area contributed by atoms with Crippen molar-refractivity contribution in [3.63, 3.8) is 0 Å². The summed E-state index contributed by atoms with van der Waals surface area (Å²) in [5, 5.41) is 0. The predicted molar refractivity (Wildman–Crippen MR) is 114 cm³/mol. The van der Waals surface area contributed by atoms with E-state index in [1.54, 1.807) is 0 Å². The van der Waals surface area contributed by atoms with Crippen molar-refractivity contribution in [2.45, 2.75) is 92.3 Å². The summed E-state index contributed by atoms with van der Waals surface area (Å²) in [6.45, 7) is 14.5. The molecule has 5 heteroatoms. The van der Waals surface area contributed by atoms with Crippen LogP contribution in [0.3, 0.4) is 0 Å². The molecule has 25 heavy (non-hydrogen) atoms. The molecule has 6 atom stereocenters. The first-order chi connectivity index (χ1) is 11.3. The first-order valence-corrected chi connectivity index (χ1v) is 14.5. The second-order valence-electron chi connectivity index (χ2n) is 11.0. The fourth-order valence-electron chi connectivity index (χ4n) is 7.02. The summed E-state index contributed by atoms with van der Waals surface area (Å²) in [5.41, 5.74) is 1.18. The molecule has 0 saturated heterocycles. The zero-order valence-electron chi connectivity index (χ0n) is 16.8. The van der Waals surface area contributed by atoms with E-state index in [1.165, 1.54) is 25.7 Å². The van der Waals surface area contributed by atoms with E-state index in [-0.39, 0.29) is 23.0 Å². The van der Waals surface area contributed by atoms with Gasteiger partial charge in [-0.3, -0.25) is 0 Å². The van der Waals surface area contributed by atoms with Crippen molar-refractivity contribution in [1.29, 1.82) is 0 Å². The third-order valence-electron chi connectivity index (χ3n) is 10.0. The normalized spacial score (nSPS) is 50.6. The van der Waals surface area contributed by atoms with Crippen LogP contribution in [-0.2, 0) is 9.05 Å². The predicted octanol–water partition coefficient (Wildman–Crippen LogP) is 6.72. The molecule has 1 unspecified atom stereocenters. The van der Waals surface area contributed by atoms with Gasteiger partial charge >= 0.3 is 165 Å². The molecule has 4 rings (SSSR count). The van der Waals surface area contributed by atoms with Gasteiger partial charge in [0.15, 0.2) is 0 Å². The molecule has 0 aromatic carbocycles. The van der Waals surface area contributed by atoms with E-state index in [4.69, 9.17) is 33.5 Å². The summed E-state index contributed by atoms with van der Waals surface area (Å²) in [6, 6.07) is 0. The Labute approximate surface area is 165 Å². The van der Waals surface area contributed by atoms with Gasteiger partial charge < -0.3 is 0 Å². The number of hydrogen-bond donors (Lipinski definition) is 2. The maximum absolute atomic E-state index is 6.60. The van der Waals surface area contributed by atoms with Crippen molar-refractivity contribution in [2.75, 3.05) is 0 Å². The SMILES string of the molecule is CC1(C)C2CC[C@]1(C)[C@H](O[PH](S)(S)O[C@@H]1C[C@H]3CC[C@@]1(C)C3(C)C)C2. The summed E-state index contributed by atoms with van der Waals surface area (Å²) in [5.74, 6) is 1.54. The van der Waals surface area contributed by atoms with Crippen LogP contribution in [0.25, 0.3) is 0 Å². The number of thiol groups is 2. The van der Waals surface area contributed by atoms with Crippen LogP contribution >= 0.6 is 30.6 Å². The van der Waals surface area contributed by atoms with Gasteiger partial charge in [-0.25, -0.2) is 0 Å². The molecule has 0 aliphatic heterocycles. The van der Waals surface area contributed by atoms with Crippen molar-refractivity contribution in [3.8, 4) is 0 Å². The standard InChI is InChI=1S/C20H37O2PS2/c1-17(2)13-7-9-19(17,5)15(11-13)21-23(24,25)22-16-12-14-8-10-20(16,6)18(14,3)4/h13-16,23-25H,7-12H2,1-6H3/t13-,14?,15-,16-,19-,20-/m1/s1. The van der Waals surface area contributed by atoms with Gasteiger partial charge in [0, 0.05) is 0 Å². The van der Waals surface area contributed by atoms with Gasteiger partial charge in [0.25, 0.3) is 0 Å². The van der Waals surface area contributed by atoms with Crippen LogP contribution < -0.4 is 0 Å². The maximum atomic E-state index is 6.60. The average molecular weight is 405 g/mol. The Hall–Kier alpha value is 1.05. The summed E-state index contributed by atoms with van der Waals surface area (Å²) >= 11 is 9.74. The summed E-state index contributed by atoms with van der Waals surface area (Å²) in [4.78, 5) is 0. The van der Waals surface area contributed by atoms with Gasteiger partial charge in [-0.2, -0.15) is 0 Å². The molecule has 0 aromatic heterocycles. The molecule has 0 aromatic rings. The fraction of sp³-hybridized carbons (Fsp3) is 1.00. The number of hydrogen-bond acceptors (Lipinski definition) is 4. The number of rotatable bonds is 4. The van der Waals surface area contributed by atoms with Gasteiger partial charge in [-0.1, -0.05) is 0 Å². The molecular weight excluding hydrogens is 367 g/mol. The third kappa shape index (κ3) is 2.49. The monoisotopic (exact) mass is 404 g/mol. The Bertz CT molecular complexity index is 530. The van der Waals surface area contributed by atoms with E-state index in [2.05, 4.69) is 41.5 Å². The zero-order valence-corrected chi connectivity index (χ0v) is 19.6. The summed E-state index contributed by atoms with van der Waals surface area (Å²) in [7, 11) is 0. The minimum atomic E-state index is -2.74. The van der Waals surface area contributed by atoms with Crippen LogP contribution in [0, 0.1) is 33.5 Å². The van der Waals surface area contributed by atoms with E-state index in [0.717, 1.165) is 24.7 Å². The number of fused-ring (bicyclic) bond motifs is 4. The molecule has 0 radical (unpaired) electrons. The van der Waals surface area contributed by atoms with Crippen LogP contribution in [0.15, 0.2) is 0 Å². The first-order valence-electron chi connectivity index (χ1n) is 10.1. The van der Waals surface area contributed by atoms with Crippen molar-refractivity contribution in [1.82, 2.24) is 0 Å². The molecule has 0 heterocycles. The van der Waals surface area contributed by atoms with Crippen LogP contribution in [0.5, 0.6) is 0 Å². The van der Waals surface area contributed by atoms with Crippen LogP contribution in [-0.4, -0.2) is 12.2 Å². The molecule has 0 N–H and O–H groups in total. The third-order valence-corrected chi connectivity index (χ3v) is 12.5. The van der Waals surface area contributed by atoms with Gasteiger partial charge in [0.2, 0.25) is 0 Å². The van der Waals surface area contributed by atoms with Gasteiger partial charge in [-0.05, 0) is 0 Å². The molecule has 4 fully saturated rings. The average Bonchev–Trinajstić information content (AvgIpc) is 2.98. The van der Waals surface area contributed by atoms with Crippen molar-refractivity contribution >= 4 is 30.6 Å². The molecule has 2 nitrogen and oxygen atoms in total. The second kappa shape index (κ2) is 5.56. The van der Waals surface area contributed by atoms with Gasteiger partial charge in [0.1, 0.15) is 0 Å². The quantitative estimate of drug-likeness (QED) is 0.400. The molecule has 0 spiro atoms. The molecule has 4 aliphatic rings. The molecular formula is C20H37O2PS2. The van der Waals surface area contributed by atoms with Crippen molar-refractivity contribution in [2.24, 2.45) is 33.5 Å². The van der Waals surface area contributed by atoms with Crippen LogP contribution in [0.4, 0.5) is 0 Å². The molecule has 146 valence electrons. The molecule has 4 saturated carbocycles. The second-order valence-corrected chi connectivity index (χ2v) is 17.1. The Morgan fingerprint density at radius 3 is 1.32 bits per heavy atom. The van der Waals surface area contributed by atoms with Crippen LogP contribution in [0.2, 0.25) is 0 Å². The first kappa shape index (κ1) is 19.4. The van der Waals surface area contributed by atoms with Crippen LogP contribution in [0.1, 0.15) is 80.1 Å². The summed E-state index contributed by atoms with van der Waals surface area (Å²) < 4.78 is 13.2. The molecule has 0 amide bonds. The Morgan fingerprint density at radius 1 is 0.720 bits per heavy atom. The van der Waals surface area contributed by atoms with E-state index in [1.807, 2.05) is 0 Å². The molecule has 4 aliphatic carbocycles. The van der Waals surface area contributed by atoms with E-state index in [0.29, 0.717) is 10.8 Å². The van der Waals surface area contributed by atoms with Gasteiger partial charge in [0.05, 0.1) is 0 Å². The minimum absolute atomic E-state index is 0.239.